The van der Waals surface area contributed by atoms with E-state index in [9.17, 15) is 14.9 Å². The number of carbonyl (C=O) groups is 2. The molecule has 7 nitrogen and oxygen atoms in total. The number of para-hydroxylation sites is 1. The van der Waals surface area contributed by atoms with E-state index in [1.807, 2.05) is 80.7 Å². The van der Waals surface area contributed by atoms with Gasteiger partial charge in [-0.25, -0.2) is 4.68 Å². The third-order valence-electron chi connectivity index (χ3n) is 6.58. The van der Waals surface area contributed by atoms with Gasteiger partial charge in [0.1, 0.15) is 17.4 Å². The number of ether oxygens (including phenoxy) is 1. The number of hydrogen-bond acceptors (Lipinski definition) is 5. The van der Waals surface area contributed by atoms with E-state index in [1.54, 1.807) is 17.7 Å². The van der Waals surface area contributed by atoms with Crippen LogP contribution in [0, 0.1) is 17.2 Å². The maximum atomic E-state index is 13.6. The molecule has 3 aromatic rings. The van der Waals surface area contributed by atoms with E-state index in [2.05, 4.69) is 13.8 Å². The van der Waals surface area contributed by atoms with Crippen molar-refractivity contribution in [2.45, 2.75) is 47.1 Å². The number of hydrogen-bond donors (Lipinski definition) is 0. The van der Waals surface area contributed by atoms with Gasteiger partial charge in [0.15, 0.2) is 0 Å². The molecule has 0 bridgehead atoms. The Hall–Kier alpha value is -4.44. The second-order valence-electron chi connectivity index (χ2n) is 9.85. The Balaban J connectivity index is 1.85. The van der Waals surface area contributed by atoms with Crippen LogP contribution in [-0.4, -0.2) is 39.1 Å². The molecule has 0 N–H and O–H groups in total. The number of aromatic nitrogens is 2. The normalized spacial score (nSPS) is 15.8. The maximum absolute atomic E-state index is 13.6. The first kappa shape index (κ1) is 26.6. The summed E-state index contributed by atoms with van der Waals surface area (Å²) in [5.74, 6) is 0.238. The lowest BCUT2D eigenvalue weighted by atomic mass is 9.92. The van der Waals surface area contributed by atoms with Gasteiger partial charge in [-0.1, -0.05) is 39.0 Å². The van der Waals surface area contributed by atoms with Gasteiger partial charge in [-0.3, -0.25) is 14.5 Å². The predicted molar refractivity (Wildman–Crippen MR) is 147 cm³/mol. The molecule has 0 saturated heterocycles. The summed E-state index contributed by atoms with van der Waals surface area (Å²) in [5.41, 5.74) is 3.76. The van der Waals surface area contributed by atoms with Crippen molar-refractivity contribution < 1.29 is 14.3 Å². The topological polar surface area (TPSA) is 88.2 Å². The van der Waals surface area contributed by atoms with Crippen molar-refractivity contribution in [1.29, 1.82) is 5.26 Å². The molecule has 0 spiro atoms. The number of nitrogens with zero attached hydrogens (tertiary/aromatic N) is 4. The van der Waals surface area contributed by atoms with Crippen LogP contribution in [0.2, 0.25) is 0 Å². The fraction of sp³-hybridized carbons (Fsp3) is 0.290. The SMILES string of the molecule is CCC(C)N1C(=O)C(C#N)=C(C)/C(=C\c2cn(-c3ccccc3)nc2-c2ccc(OCC(C)C)cc2)C1=O. The lowest BCUT2D eigenvalue weighted by Gasteiger charge is -2.31. The van der Waals surface area contributed by atoms with Crippen molar-refractivity contribution in [3.63, 3.8) is 0 Å². The number of benzene rings is 2. The van der Waals surface area contributed by atoms with Crippen molar-refractivity contribution in [2.24, 2.45) is 5.92 Å². The van der Waals surface area contributed by atoms with Crippen molar-refractivity contribution in [2.75, 3.05) is 6.61 Å². The Kier molecular flexibility index (Phi) is 7.92. The number of rotatable bonds is 8. The molecule has 4 rings (SSSR count). The quantitative estimate of drug-likeness (QED) is 0.276. The first-order chi connectivity index (χ1) is 18.2. The smallest absolute Gasteiger partial charge is 0.271 e. The highest BCUT2D eigenvalue weighted by Crippen LogP contribution is 2.32. The van der Waals surface area contributed by atoms with Gasteiger partial charge in [0.05, 0.1) is 18.0 Å². The molecule has 2 amide bonds. The van der Waals surface area contributed by atoms with Gasteiger partial charge in [0.2, 0.25) is 0 Å². The highest BCUT2D eigenvalue weighted by atomic mass is 16.5. The summed E-state index contributed by atoms with van der Waals surface area (Å²) in [6.07, 6.45) is 4.18. The molecule has 1 atom stereocenters. The summed E-state index contributed by atoms with van der Waals surface area (Å²) in [7, 11) is 0. The molecule has 1 unspecified atom stereocenters. The van der Waals surface area contributed by atoms with Crippen LogP contribution in [0.5, 0.6) is 5.75 Å². The fourth-order valence-corrected chi connectivity index (χ4v) is 4.24. The highest BCUT2D eigenvalue weighted by molar-refractivity contribution is 6.20. The van der Waals surface area contributed by atoms with Crippen LogP contribution in [0.1, 0.15) is 46.6 Å². The zero-order valence-electron chi connectivity index (χ0n) is 22.4. The third kappa shape index (κ3) is 5.30. The Labute approximate surface area is 223 Å². The molecule has 194 valence electrons. The van der Waals surface area contributed by atoms with Crippen LogP contribution >= 0.6 is 0 Å². The number of nitriles is 1. The average Bonchev–Trinajstić information content (AvgIpc) is 3.34. The Morgan fingerprint density at radius 3 is 2.32 bits per heavy atom. The van der Waals surface area contributed by atoms with Crippen LogP contribution in [0.4, 0.5) is 0 Å². The van der Waals surface area contributed by atoms with E-state index >= 15 is 0 Å². The number of amides is 2. The molecule has 1 aromatic heterocycles. The van der Waals surface area contributed by atoms with Gasteiger partial charge in [-0.2, -0.15) is 10.4 Å². The predicted octanol–water partition coefficient (Wildman–Crippen LogP) is 5.96. The van der Waals surface area contributed by atoms with Crippen LogP contribution < -0.4 is 4.74 Å². The summed E-state index contributed by atoms with van der Waals surface area (Å²) in [5, 5.41) is 14.6. The summed E-state index contributed by atoms with van der Waals surface area (Å²) in [6.45, 7) is 10.2. The second kappa shape index (κ2) is 11.3. The molecule has 7 heteroatoms. The Bertz CT molecular complexity index is 1440. The molecule has 38 heavy (non-hydrogen) atoms. The average molecular weight is 509 g/mol. The maximum Gasteiger partial charge on any atom is 0.271 e. The second-order valence-corrected chi connectivity index (χ2v) is 9.85. The first-order valence-corrected chi connectivity index (χ1v) is 12.8. The minimum atomic E-state index is -0.543. The number of carbonyl (C=O) groups excluding carboxylic acids is 2. The standard InChI is InChI=1S/C31H32N4O3/c1-6-21(4)35-30(36)27(22(5)28(17-32)31(35)37)16-24-18-34(25-10-8-7-9-11-25)33-29(24)23-12-14-26(15-13-23)38-19-20(2)3/h7-16,18,20-21H,6,19H2,1-5H3/b27-16+. The molecular weight excluding hydrogens is 476 g/mol. The fourth-order valence-electron chi connectivity index (χ4n) is 4.24. The third-order valence-corrected chi connectivity index (χ3v) is 6.58. The van der Waals surface area contributed by atoms with E-state index in [4.69, 9.17) is 9.84 Å². The molecule has 0 aliphatic carbocycles. The van der Waals surface area contributed by atoms with Crippen molar-refractivity contribution in [3.05, 3.63) is 83.1 Å². The van der Waals surface area contributed by atoms with Crippen LogP contribution in [0.25, 0.3) is 23.0 Å². The monoisotopic (exact) mass is 508 g/mol. The zero-order valence-corrected chi connectivity index (χ0v) is 22.4. The van der Waals surface area contributed by atoms with Gasteiger partial charge < -0.3 is 4.74 Å². The van der Waals surface area contributed by atoms with Gasteiger partial charge in [0, 0.05) is 28.9 Å². The van der Waals surface area contributed by atoms with Crippen molar-refractivity contribution in [3.8, 4) is 28.8 Å². The largest absolute Gasteiger partial charge is 0.493 e. The van der Waals surface area contributed by atoms with Crippen LogP contribution in [-0.2, 0) is 9.59 Å². The summed E-state index contributed by atoms with van der Waals surface area (Å²) in [6, 6.07) is 19.1. The Morgan fingerprint density at radius 1 is 1.03 bits per heavy atom. The summed E-state index contributed by atoms with van der Waals surface area (Å²) in [4.78, 5) is 27.7. The molecule has 0 fully saturated rings. The van der Waals surface area contributed by atoms with Crippen molar-refractivity contribution >= 4 is 17.9 Å². The lowest BCUT2D eigenvalue weighted by molar-refractivity contribution is -0.142. The lowest BCUT2D eigenvalue weighted by Crippen LogP contribution is -2.47. The van der Waals surface area contributed by atoms with E-state index in [-0.39, 0.29) is 11.6 Å². The Morgan fingerprint density at radius 2 is 1.71 bits per heavy atom. The van der Waals surface area contributed by atoms with E-state index in [0.29, 0.717) is 41.3 Å². The molecule has 0 saturated carbocycles. The molecule has 1 aliphatic heterocycles. The van der Waals surface area contributed by atoms with E-state index in [1.165, 1.54) is 4.90 Å². The highest BCUT2D eigenvalue weighted by Gasteiger charge is 2.37. The molecule has 2 heterocycles. The van der Waals surface area contributed by atoms with E-state index in [0.717, 1.165) is 17.0 Å². The van der Waals surface area contributed by atoms with Crippen LogP contribution in [0.15, 0.2) is 77.5 Å². The molecular formula is C31H32N4O3. The number of imide groups is 1. The summed E-state index contributed by atoms with van der Waals surface area (Å²) < 4.78 is 7.60. The van der Waals surface area contributed by atoms with Gasteiger partial charge >= 0.3 is 0 Å². The molecule has 0 radical (unpaired) electrons. The zero-order chi connectivity index (χ0) is 27.4. The van der Waals surface area contributed by atoms with Gasteiger partial charge in [-0.15, -0.1) is 0 Å². The van der Waals surface area contributed by atoms with Crippen LogP contribution in [0.3, 0.4) is 0 Å². The van der Waals surface area contributed by atoms with Gasteiger partial charge in [0.25, 0.3) is 11.8 Å². The molecule has 2 aromatic carbocycles. The van der Waals surface area contributed by atoms with Crippen molar-refractivity contribution in [1.82, 2.24) is 14.7 Å². The van der Waals surface area contributed by atoms with Gasteiger partial charge in [-0.05, 0) is 74.2 Å². The van der Waals surface area contributed by atoms with E-state index < -0.39 is 11.8 Å². The minimum absolute atomic E-state index is 0.0141. The summed E-state index contributed by atoms with van der Waals surface area (Å²) >= 11 is 0. The first-order valence-electron chi connectivity index (χ1n) is 12.8. The molecule has 1 aliphatic rings. The minimum Gasteiger partial charge on any atom is -0.493 e.